The van der Waals surface area contributed by atoms with E-state index >= 15 is 0 Å². The van der Waals surface area contributed by atoms with Crippen LogP contribution in [-0.4, -0.2) is 19.8 Å². The predicted octanol–water partition coefficient (Wildman–Crippen LogP) is 2.35. The highest BCUT2D eigenvalue weighted by atomic mass is 35.5. The Morgan fingerprint density at radius 1 is 1.17 bits per heavy atom. The molecule has 0 radical (unpaired) electrons. The summed E-state index contributed by atoms with van der Waals surface area (Å²) in [5.41, 5.74) is 9.38. The maximum absolute atomic E-state index is 6.41. The summed E-state index contributed by atoms with van der Waals surface area (Å²) < 4.78 is 11.5. The van der Waals surface area contributed by atoms with Crippen molar-refractivity contribution in [3.8, 4) is 11.5 Å². The summed E-state index contributed by atoms with van der Waals surface area (Å²) in [4.78, 5) is 0. The van der Waals surface area contributed by atoms with Crippen LogP contribution in [0, 0.1) is 5.92 Å². The third-order valence-corrected chi connectivity index (χ3v) is 4.20. The quantitative estimate of drug-likeness (QED) is 0.914. The highest BCUT2D eigenvalue weighted by Crippen LogP contribution is 2.47. The summed E-state index contributed by atoms with van der Waals surface area (Å²) in [6, 6.07) is 0. The minimum absolute atomic E-state index is 0.448. The van der Waals surface area contributed by atoms with Crippen LogP contribution < -0.4 is 15.2 Å². The van der Waals surface area contributed by atoms with E-state index < -0.39 is 0 Å². The molecule has 1 aromatic carbocycles. The van der Waals surface area contributed by atoms with Gasteiger partial charge in [0, 0.05) is 29.5 Å². The summed E-state index contributed by atoms with van der Waals surface area (Å²) in [6.07, 6.45) is 2.76. The molecule has 0 aliphatic carbocycles. The number of halogens is 1. The normalized spacial score (nSPS) is 17.9. The second-order valence-electron chi connectivity index (χ2n) is 5.15. The lowest BCUT2D eigenvalue weighted by atomic mass is 9.92. The van der Waals surface area contributed by atoms with Crippen LogP contribution in [0.1, 0.15) is 23.6 Å². The molecular formula is C14H18ClNO2. The number of nitrogens with two attached hydrogens (primary N) is 1. The Hall–Kier alpha value is -0.930. The molecule has 2 heterocycles. The lowest BCUT2D eigenvalue weighted by Gasteiger charge is -2.17. The molecule has 0 amide bonds. The SMILES string of the molecule is CC(CN)Cc1c2c(c(Cl)c3c1OCC3)OCC2. The molecule has 4 heteroatoms. The van der Waals surface area contributed by atoms with Gasteiger partial charge in [-0.25, -0.2) is 0 Å². The molecule has 18 heavy (non-hydrogen) atoms. The fourth-order valence-electron chi connectivity index (χ4n) is 2.80. The minimum Gasteiger partial charge on any atom is -0.493 e. The van der Waals surface area contributed by atoms with Gasteiger partial charge in [0.15, 0.2) is 0 Å². The topological polar surface area (TPSA) is 44.5 Å². The number of ether oxygens (including phenoxy) is 2. The largest absolute Gasteiger partial charge is 0.493 e. The van der Waals surface area contributed by atoms with Crippen molar-refractivity contribution in [3.63, 3.8) is 0 Å². The van der Waals surface area contributed by atoms with Crippen molar-refractivity contribution in [1.29, 1.82) is 0 Å². The van der Waals surface area contributed by atoms with Crippen LogP contribution in [0.4, 0.5) is 0 Å². The minimum atomic E-state index is 0.448. The van der Waals surface area contributed by atoms with Gasteiger partial charge in [-0.1, -0.05) is 18.5 Å². The molecule has 2 aliphatic rings. The first-order valence-electron chi connectivity index (χ1n) is 6.54. The van der Waals surface area contributed by atoms with Crippen molar-refractivity contribution >= 4 is 11.6 Å². The molecule has 2 N–H and O–H groups in total. The Labute approximate surface area is 112 Å². The molecule has 0 bridgehead atoms. The van der Waals surface area contributed by atoms with Gasteiger partial charge in [0.1, 0.15) is 11.5 Å². The average Bonchev–Trinajstić information content (AvgIpc) is 3.02. The third-order valence-electron chi connectivity index (χ3n) is 3.80. The third kappa shape index (κ3) is 1.77. The Bertz CT molecular complexity index is 452. The Morgan fingerprint density at radius 3 is 2.56 bits per heavy atom. The van der Waals surface area contributed by atoms with Crippen LogP contribution in [0.2, 0.25) is 5.02 Å². The zero-order valence-electron chi connectivity index (χ0n) is 10.6. The highest BCUT2D eigenvalue weighted by Gasteiger charge is 2.30. The van der Waals surface area contributed by atoms with Crippen LogP contribution in [-0.2, 0) is 19.3 Å². The van der Waals surface area contributed by atoms with E-state index in [1.165, 1.54) is 11.1 Å². The fraction of sp³-hybridized carbons (Fsp3) is 0.571. The summed E-state index contributed by atoms with van der Waals surface area (Å²) in [6.45, 7) is 4.30. The van der Waals surface area contributed by atoms with E-state index in [1.54, 1.807) is 0 Å². The first kappa shape index (κ1) is 12.1. The summed E-state index contributed by atoms with van der Waals surface area (Å²) in [5, 5.41) is 0.763. The fourth-order valence-corrected chi connectivity index (χ4v) is 3.14. The van der Waals surface area contributed by atoms with Crippen LogP contribution in [0.25, 0.3) is 0 Å². The second kappa shape index (κ2) is 4.63. The van der Waals surface area contributed by atoms with Gasteiger partial charge in [0.05, 0.1) is 18.2 Å². The van der Waals surface area contributed by atoms with E-state index in [0.717, 1.165) is 54.6 Å². The van der Waals surface area contributed by atoms with Crippen LogP contribution in [0.3, 0.4) is 0 Å². The monoisotopic (exact) mass is 267 g/mol. The molecule has 1 unspecified atom stereocenters. The predicted molar refractivity (Wildman–Crippen MR) is 71.8 cm³/mol. The van der Waals surface area contributed by atoms with Gasteiger partial charge in [0.2, 0.25) is 0 Å². The van der Waals surface area contributed by atoms with Gasteiger partial charge in [-0.05, 0) is 18.9 Å². The summed E-state index contributed by atoms with van der Waals surface area (Å²) >= 11 is 6.41. The molecule has 0 fully saturated rings. The number of fused-ring (bicyclic) bond motifs is 2. The van der Waals surface area contributed by atoms with Gasteiger partial charge in [-0.2, -0.15) is 0 Å². The molecule has 2 aliphatic heterocycles. The van der Waals surface area contributed by atoms with Crippen molar-refractivity contribution in [3.05, 3.63) is 21.7 Å². The Morgan fingerprint density at radius 2 is 1.83 bits per heavy atom. The van der Waals surface area contributed by atoms with Gasteiger partial charge in [-0.15, -0.1) is 0 Å². The highest BCUT2D eigenvalue weighted by molar-refractivity contribution is 6.33. The standard InChI is InChI=1S/C14H18ClNO2/c1-8(7-16)6-11-9-2-4-18-14(9)12(15)10-3-5-17-13(10)11/h8H,2-7,16H2,1H3. The van der Waals surface area contributed by atoms with Crippen molar-refractivity contribution < 1.29 is 9.47 Å². The molecule has 1 atom stereocenters. The molecule has 1 aromatic rings. The van der Waals surface area contributed by atoms with Gasteiger partial charge in [-0.3, -0.25) is 0 Å². The summed E-state index contributed by atoms with van der Waals surface area (Å²) in [7, 11) is 0. The van der Waals surface area contributed by atoms with Crippen LogP contribution in [0.15, 0.2) is 0 Å². The number of hydrogen-bond acceptors (Lipinski definition) is 3. The number of rotatable bonds is 3. The second-order valence-corrected chi connectivity index (χ2v) is 5.53. The van der Waals surface area contributed by atoms with Crippen molar-refractivity contribution in [2.45, 2.75) is 26.2 Å². The Kier molecular flexibility index (Phi) is 3.12. The number of benzene rings is 1. The zero-order valence-corrected chi connectivity index (χ0v) is 11.3. The molecule has 98 valence electrons. The van der Waals surface area contributed by atoms with Crippen molar-refractivity contribution in [1.82, 2.24) is 0 Å². The smallest absolute Gasteiger partial charge is 0.142 e. The van der Waals surface area contributed by atoms with Gasteiger partial charge < -0.3 is 15.2 Å². The molecular weight excluding hydrogens is 250 g/mol. The lowest BCUT2D eigenvalue weighted by Crippen LogP contribution is -2.14. The van der Waals surface area contributed by atoms with E-state index in [2.05, 4.69) is 6.92 Å². The maximum atomic E-state index is 6.41. The number of hydrogen-bond donors (Lipinski definition) is 1. The van der Waals surface area contributed by atoms with E-state index in [1.807, 2.05) is 0 Å². The summed E-state index contributed by atoms with van der Waals surface area (Å²) in [5.74, 6) is 2.34. The zero-order chi connectivity index (χ0) is 12.7. The Balaban J connectivity index is 2.12. The van der Waals surface area contributed by atoms with E-state index in [-0.39, 0.29) is 0 Å². The molecule has 3 nitrogen and oxygen atoms in total. The van der Waals surface area contributed by atoms with E-state index in [4.69, 9.17) is 26.8 Å². The van der Waals surface area contributed by atoms with Gasteiger partial charge in [0.25, 0.3) is 0 Å². The average molecular weight is 268 g/mol. The maximum Gasteiger partial charge on any atom is 0.142 e. The molecule has 3 rings (SSSR count). The van der Waals surface area contributed by atoms with Gasteiger partial charge >= 0.3 is 0 Å². The van der Waals surface area contributed by atoms with E-state index in [0.29, 0.717) is 12.5 Å². The molecule has 0 aromatic heterocycles. The molecule has 0 spiro atoms. The van der Waals surface area contributed by atoms with Crippen LogP contribution >= 0.6 is 11.6 Å². The lowest BCUT2D eigenvalue weighted by molar-refractivity contribution is 0.351. The first-order chi connectivity index (χ1) is 8.72. The van der Waals surface area contributed by atoms with Crippen LogP contribution in [0.5, 0.6) is 11.5 Å². The van der Waals surface area contributed by atoms with Crippen molar-refractivity contribution in [2.75, 3.05) is 19.8 Å². The van der Waals surface area contributed by atoms with E-state index in [9.17, 15) is 0 Å². The molecule has 0 saturated heterocycles. The van der Waals surface area contributed by atoms with Crippen molar-refractivity contribution in [2.24, 2.45) is 11.7 Å². The first-order valence-corrected chi connectivity index (χ1v) is 6.92. The molecule has 0 saturated carbocycles.